The van der Waals surface area contributed by atoms with E-state index in [1.165, 1.54) is 17.1 Å². The number of aliphatic hydroxyl groups excluding tert-OH is 1. The fourth-order valence-electron chi connectivity index (χ4n) is 4.23. The van der Waals surface area contributed by atoms with Crippen LogP contribution in [0.2, 0.25) is 0 Å². The Hall–Kier alpha value is -3.51. The van der Waals surface area contributed by atoms with E-state index in [1.807, 2.05) is 11.0 Å². The average molecular weight is 455 g/mol. The van der Waals surface area contributed by atoms with Crippen LogP contribution in [-0.4, -0.2) is 75.3 Å². The maximum absolute atomic E-state index is 14.8. The zero-order valence-electron chi connectivity index (χ0n) is 18.1. The molecule has 174 valence electrons. The molecular formula is C21H26FN9O2. The zero-order chi connectivity index (χ0) is 22.8. The lowest BCUT2D eigenvalue weighted by Gasteiger charge is -2.29. The van der Waals surface area contributed by atoms with Crippen molar-refractivity contribution in [2.45, 2.75) is 18.9 Å². The third kappa shape index (κ3) is 4.39. The summed E-state index contributed by atoms with van der Waals surface area (Å²) in [5.41, 5.74) is 7.11. The van der Waals surface area contributed by atoms with E-state index in [1.54, 1.807) is 12.1 Å². The second-order valence-corrected chi connectivity index (χ2v) is 8.00. The molecule has 33 heavy (non-hydrogen) atoms. The molecule has 0 amide bonds. The molecule has 2 aliphatic rings. The molecule has 2 aromatic heterocycles. The molecule has 0 unspecified atom stereocenters. The molecular weight excluding hydrogens is 429 g/mol. The molecule has 1 aromatic carbocycles. The van der Waals surface area contributed by atoms with Gasteiger partial charge in [-0.3, -0.25) is 0 Å². The van der Waals surface area contributed by atoms with E-state index in [4.69, 9.17) is 10.5 Å². The largest absolute Gasteiger partial charge is 0.394 e. The molecule has 1 atom stereocenters. The summed E-state index contributed by atoms with van der Waals surface area (Å²) in [6.45, 7) is 3.59. The quantitative estimate of drug-likeness (QED) is 0.500. The molecule has 0 radical (unpaired) electrons. The van der Waals surface area contributed by atoms with Gasteiger partial charge in [-0.25, -0.2) is 14.4 Å². The average Bonchev–Trinajstić information content (AvgIpc) is 3.47. The van der Waals surface area contributed by atoms with Crippen LogP contribution in [0.3, 0.4) is 0 Å². The second-order valence-electron chi connectivity index (χ2n) is 8.00. The standard InChI is InChI=1S/C21H26FN9O2/c22-16-10-14(29-6-8-33-9-7-29)3-4-17(16)26-21-27-20(23)31(28-21)19-11-18(24-13-25-19)30-5-1-2-15(30)12-32/h3-4,10-11,13,15,32H,1-2,5-9,12H2,(H3,23,26,27,28)/t15-/m1/s1. The van der Waals surface area contributed by atoms with Gasteiger partial charge in [0.15, 0.2) is 5.82 Å². The van der Waals surface area contributed by atoms with Gasteiger partial charge in [-0.15, -0.1) is 5.10 Å². The van der Waals surface area contributed by atoms with Crippen LogP contribution in [0.15, 0.2) is 30.6 Å². The van der Waals surface area contributed by atoms with Gasteiger partial charge in [0.05, 0.1) is 31.5 Å². The third-order valence-corrected chi connectivity index (χ3v) is 5.94. The lowest BCUT2D eigenvalue weighted by atomic mass is 10.2. The summed E-state index contributed by atoms with van der Waals surface area (Å²) in [6.07, 6.45) is 3.32. The number of aromatic nitrogens is 5. The minimum atomic E-state index is -0.415. The van der Waals surface area contributed by atoms with E-state index >= 15 is 0 Å². The van der Waals surface area contributed by atoms with E-state index in [0.29, 0.717) is 24.8 Å². The topological polar surface area (TPSA) is 130 Å². The van der Waals surface area contributed by atoms with Crippen molar-refractivity contribution in [2.24, 2.45) is 0 Å². The molecule has 2 saturated heterocycles. The SMILES string of the molecule is Nc1nc(Nc2ccc(N3CCOCC3)cc2F)nn1-c1cc(N2CCC[C@@H]2CO)ncn1. The fourth-order valence-corrected chi connectivity index (χ4v) is 4.23. The van der Waals surface area contributed by atoms with Crippen molar-refractivity contribution >= 4 is 29.1 Å². The van der Waals surface area contributed by atoms with E-state index in [2.05, 4.69) is 30.3 Å². The predicted octanol–water partition coefficient (Wildman–Crippen LogP) is 1.32. The van der Waals surface area contributed by atoms with Crippen molar-refractivity contribution in [1.29, 1.82) is 0 Å². The molecule has 12 heteroatoms. The summed E-state index contributed by atoms with van der Waals surface area (Å²) in [6, 6.07) is 6.77. The number of hydrogen-bond donors (Lipinski definition) is 3. The monoisotopic (exact) mass is 455 g/mol. The number of nitrogens with zero attached hydrogens (tertiary/aromatic N) is 7. The summed E-state index contributed by atoms with van der Waals surface area (Å²) >= 11 is 0. The molecule has 0 bridgehead atoms. The third-order valence-electron chi connectivity index (χ3n) is 5.94. The van der Waals surface area contributed by atoms with Gasteiger partial charge in [-0.05, 0) is 31.0 Å². The minimum absolute atomic E-state index is 0.0291. The Balaban J connectivity index is 1.35. The molecule has 2 fully saturated rings. The van der Waals surface area contributed by atoms with Gasteiger partial charge in [-0.1, -0.05) is 0 Å². The molecule has 4 heterocycles. The van der Waals surface area contributed by atoms with Crippen molar-refractivity contribution in [3.8, 4) is 5.82 Å². The number of anilines is 5. The fraction of sp³-hybridized carbons (Fsp3) is 0.429. The number of hydrogen-bond acceptors (Lipinski definition) is 10. The molecule has 4 N–H and O–H groups in total. The highest BCUT2D eigenvalue weighted by molar-refractivity contribution is 5.61. The first kappa shape index (κ1) is 21.3. The van der Waals surface area contributed by atoms with Crippen LogP contribution in [0.25, 0.3) is 5.82 Å². The molecule has 11 nitrogen and oxygen atoms in total. The maximum atomic E-state index is 14.8. The number of nitrogen functional groups attached to an aromatic ring is 1. The van der Waals surface area contributed by atoms with Crippen LogP contribution in [0.5, 0.6) is 0 Å². The molecule has 5 rings (SSSR count). The number of nitrogens with one attached hydrogen (secondary N) is 1. The lowest BCUT2D eigenvalue weighted by Crippen LogP contribution is -2.36. The Kier molecular flexibility index (Phi) is 5.92. The Labute approximate surface area is 190 Å². The number of ether oxygens (including phenoxy) is 1. The number of halogens is 1. The van der Waals surface area contributed by atoms with E-state index in [0.717, 1.165) is 38.2 Å². The number of benzene rings is 1. The van der Waals surface area contributed by atoms with Gasteiger partial charge in [0.25, 0.3) is 0 Å². The first-order valence-electron chi connectivity index (χ1n) is 10.9. The van der Waals surface area contributed by atoms with Crippen LogP contribution in [0, 0.1) is 5.82 Å². The number of morpholine rings is 1. The van der Waals surface area contributed by atoms with Gasteiger partial charge in [0.2, 0.25) is 11.9 Å². The molecule has 0 aliphatic carbocycles. The van der Waals surface area contributed by atoms with Crippen molar-refractivity contribution in [1.82, 2.24) is 24.7 Å². The predicted molar refractivity (Wildman–Crippen MR) is 122 cm³/mol. The van der Waals surface area contributed by atoms with Crippen molar-refractivity contribution in [3.63, 3.8) is 0 Å². The molecule has 0 spiro atoms. The van der Waals surface area contributed by atoms with Gasteiger partial charge in [0.1, 0.15) is 18.0 Å². The molecule has 2 aliphatic heterocycles. The summed E-state index contributed by atoms with van der Waals surface area (Å²) in [4.78, 5) is 16.9. The minimum Gasteiger partial charge on any atom is -0.394 e. The van der Waals surface area contributed by atoms with Gasteiger partial charge >= 0.3 is 0 Å². The second kappa shape index (κ2) is 9.16. The first-order chi connectivity index (χ1) is 16.1. The van der Waals surface area contributed by atoms with Crippen molar-refractivity contribution in [2.75, 3.05) is 60.3 Å². The van der Waals surface area contributed by atoms with Crippen LogP contribution >= 0.6 is 0 Å². The number of rotatable bonds is 6. The number of nitrogens with two attached hydrogens (primary N) is 1. The Bertz CT molecular complexity index is 1120. The molecule has 0 saturated carbocycles. The zero-order valence-corrected chi connectivity index (χ0v) is 18.1. The van der Waals surface area contributed by atoms with E-state index < -0.39 is 5.82 Å². The maximum Gasteiger partial charge on any atom is 0.248 e. The van der Waals surface area contributed by atoms with Crippen LogP contribution in [-0.2, 0) is 4.74 Å². The molecule has 3 aromatic rings. The first-order valence-corrected chi connectivity index (χ1v) is 10.9. The highest BCUT2D eigenvalue weighted by Gasteiger charge is 2.25. The normalized spacial score (nSPS) is 18.7. The van der Waals surface area contributed by atoms with Crippen LogP contribution < -0.4 is 20.9 Å². The smallest absolute Gasteiger partial charge is 0.248 e. The summed E-state index contributed by atoms with van der Waals surface area (Å²) in [5.74, 6) is 0.963. The van der Waals surface area contributed by atoms with Crippen molar-refractivity contribution < 1.29 is 14.2 Å². The van der Waals surface area contributed by atoms with Crippen molar-refractivity contribution in [3.05, 3.63) is 36.4 Å². The van der Waals surface area contributed by atoms with Gasteiger partial charge < -0.3 is 30.7 Å². The summed E-state index contributed by atoms with van der Waals surface area (Å²) in [5, 5.41) is 16.8. The Morgan fingerprint density at radius 2 is 1.97 bits per heavy atom. The van der Waals surface area contributed by atoms with Crippen LogP contribution in [0.1, 0.15) is 12.8 Å². The van der Waals surface area contributed by atoms with E-state index in [-0.39, 0.29) is 30.2 Å². The van der Waals surface area contributed by atoms with E-state index in [9.17, 15) is 9.50 Å². The summed E-state index contributed by atoms with van der Waals surface area (Å²) < 4.78 is 21.5. The summed E-state index contributed by atoms with van der Waals surface area (Å²) in [7, 11) is 0. The highest BCUT2D eigenvalue weighted by Crippen LogP contribution is 2.27. The van der Waals surface area contributed by atoms with Gasteiger partial charge in [0, 0.05) is 31.4 Å². The van der Waals surface area contributed by atoms with Gasteiger partial charge in [-0.2, -0.15) is 9.67 Å². The number of aliphatic hydroxyl groups is 1. The highest BCUT2D eigenvalue weighted by atomic mass is 19.1. The lowest BCUT2D eigenvalue weighted by molar-refractivity contribution is 0.122. The van der Waals surface area contributed by atoms with Crippen LogP contribution in [0.4, 0.5) is 33.5 Å². The Morgan fingerprint density at radius 3 is 2.76 bits per heavy atom. The Morgan fingerprint density at radius 1 is 1.15 bits per heavy atom.